The molecule has 4 N–H and O–H groups in total. The highest BCUT2D eigenvalue weighted by atomic mass is 35.5. The summed E-state index contributed by atoms with van der Waals surface area (Å²) in [5.74, 6) is -0.487. The zero-order valence-electron chi connectivity index (χ0n) is 6.23. The Balaban J connectivity index is 4.05. The highest BCUT2D eigenvalue weighted by molar-refractivity contribution is 7.89. The van der Waals surface area contributed by atoms with Gasteiger partial charge in [-0.3, -0.25) is 0 Å². The molecular weight excluding hydrogens is 246 g/mol. The first-order valence-corrected chi connectivity index (χ1v) is 6.31. The summed E-state index contributed by atoms with van der Waals surface area (Å²) >= 11 is 4.96. The van der Waals surface area contributed by atoms with Gasteiger partial charge in [-0.25, -0.2) is 9.97 Å². The Morgan fingerprint density at radius 3 is 2.23 bits per heavy atom. The van der Waals surface area contributed by atoms with Crippen molar-refractivity contribution in [2.75, 3.05) is 12.3 Å². The maximum absolute atomic E-state index is 10.7. The monoisotopic (exact) mass is 253 g/mol. The molecule has 13 heavy (non-hydrogen) atoms. The number of hydrogen-bond donors (Lipinski definition) is 3. The number of nitrogens with two attached hydrogens (primary N) is 1. The van der Waals surface area contributed by atoms with E-state index in [0.717, 1.165) is 4.89 Å². The molecule has 0 aliphatic heterocycles. The smallest absolute Gasteiger partial charge is 0.232 e. The molecule has 0 fully saturated rings. The van der Waals surface area contributed by atoms with E-state index in [2.05, 4.69) is 9.42 Å². The Morgan fingerprint density at radius 1 is 1.31 bits per heavy atom. The average molecular weight is 254 g/mol. The zero-order chi connectivity index (χ0) is 10.5. The van der Waals surface area contributed by atoms with Crippen LogP contribution in [-0.4, -0.2) is 29.1 Å². The number of nitrogens with one attached hydrogen (secondary N) is 2. The summed E-state index contributed by atoms with van der Waals surface area (Å²) < 4.78 is 45.6. The van der Waals surface area contributed by atoms with Crippen molar-refractivity contribution >= 4 is 32.1 Å². The Hall–Kier alpha value is 0.0300. The Kier molecular flexibility index (Phi) is 5.06. The third-order valence-electron chi connectivity index (χ3n) is 0.724. The lowest BCUT2D eigenvalue weighted by molar-refractivity contribution is 0.274. The average Bonchev–Trinajstić information content (AvgIpc) is 1.97. The molecule has 8 nitrogen and oxygen atoms in total. The topological polar surface area (TPSA) is 128 Å². The molecule has 0 aliphatic rings. The van der Waals surface area contributed by atoms with Crippen LogP contribution in [0.25, 0.3) is 0 Å². The van der Waals surface area contributed by atoms with Crippen LogP contribution in [0, 0.1) is 0 Å². The summed E-state index contributed by atoms with van der Waals surface area (Å²) in [4.78, 5) is 3.19. The second-order valence-corrected chi connectivity index (χ2v) is 5.07. The van der Waals surface area contributed by atoms with Crippen LogP contribution in [0.5, 0.6) is 0 Å². The summed E-state index contributed by atoms with van der Waals surface area (Å²) in [7, 11) is -8.18. The SMILES string of the molecule is NS(=O)(=O)NOS(=O)(=O)CCNCl. The molecule has 0 aromatic heterocycles. The summed E-state index contributed by atoms with van der Waals surface area (Å²) in [6.45, 7) is -0.0871. The minimum atomic E-state index is -4.19. The highest BCUT2D eigenvalue weighted by Gasteiger charge is 2.13. The van der Waals surface area contributed by atoms with Gasteiger partial charge in [0.2, 0.25) is 0 Å². The second-order valence-electron chi connectivity index (χ2n) is 1.86. The minimum absolute atomic E-state index is 0.0871. The third-order valence-corrected chi connectivity index (χ3v) is 2.38. The van der Waals surface area contributed by atoms with E-state index in [1.54, 1.807) is 0 Å². The van der Waals surface area contributed by atoms with Crippen LogP contribution in [0.15, 0.2) is 0 Å². The summed E-state index contributed by atoms with van der Waals surface area (Å²) in [5.41, 5.74) is 0. The fourth-order valence-electron chi connectivity index (χ4n) is 0.304. The quantitative estimate of drug-likeness (QED) is 0.364. The maximum atomic E-state index is 10.7. The van der Waals surface area contributed by atoms with Gasteiger partial charge < -0.3 is 0 Å². The van der Waals surface area contributed by atoms with Crippen LogP contribution in [0.3, 0.4) is 0 Å². The lowest BCUT2D eigenvalue weighted by Gasteiger charge is -2.02. The van der Waals surface area contributed by atoms with Gasteiger partial charge in [0.1, 0.15) is 0 Å². The molecular formula is C2H8ClN3O5S2. The highest BCUT2D eigenvalue weighted by Crippen LogP contribution is 1.89. The van der Waals surface area contributed by atoms with Crippen LogP contribution < -0.4 is 14.9 Å². The molecule has 0 radical (unpaired) electrons. The van der Waals surface area contributed by atoms with E-state index in [-0.39, 0.29) is 6.54 Å². The molecule has 0 aromatic rings. The predicted molar refractivity (Wildman–Crippen MR) is 45.0 cm³/mol. The van der Waals surface area contributed by atoms with Gasteiger partial charge in [0.15, 0.2) is 0 Å². The summed E-state index contributed by atoms with van der Waals surface area (Å²) in [5, 5.41) is 4.40. The van der Waals surface area contributed by atoms with E-state index in [1.807, 2.05) is 4.84 Å². The van der Waals surface area contributed by atoms with Gasteiger partial charge in [0.25, 0.3) is 20.3 Å². The first-order valence-electron chi connectivity index (χ1n) is 2.81. The molecule has 0 aliphatic carbocycles. The minimum Gasteiger partial charge on any atom is -0.232 e. The van der Waals surface area contributed by atoms with Crippen LogP contribution in [-0.2, 0) is 24.6 Å². The van der Waals surface area contributed by atoms with E-state index in [4.69, 9.17) is 11.8 Å². The zero-order valence-corrected chi connectivity index (χ0v) is 8.62. The second kappa shape index (κ2) is 5.05. The fraction of sp³-hybridized carbons (Fsp3) is 1.00. The largest absolute Gasteiger partial charge is 0.297 e. The van der Waals surface area contributed by atoms with Gasteiger partial charge >= 0.3 is 0 Å². The van der Waals surface area contributed by atoms with Crippen molar-refractivity contribution in [2.24, 2.45) is 5.14 Å². The van der Waals surface area contributed by atoms with E-state index in [0.29, 0.717) is 0 Å². The van der Waals surface area contributed by atoms with Crippen LogP contribution in [0.2, 0.25) is 0 Å². The normalized spacial score (nSPS) is 13.1. The molecule has 0 atom stereocenters. The predicted octanol–water partition coefficient (Wildman–Crippen LogP) is -2.22. The van der Waals surface area contributed by atoms with Gasteiger partial charge in [-0.2, -0.15) is 21.1 Å². The van der Waals surface area contributed by atoms with Crippen LogP contribution >= 0.6 is 11.8 Å². The van der Waals surface area contributed by atoms with Crippen molar-refractivity contribution in [2.45, 2.75) is 0 Å². The molecule has 0 saturated heterocycles. The van der Waals surface area contributed by atoms with Gasteiger partial charge in [0.05, 0.1) is 5.75 Å². The van der Waals surface area contributed by atoms with E-state index in [9.17, 15) is 16.8 Å². The first kappa shape index (κ1) is 13.0. The van der Waals surface area contributed by atoms with Gasteiger partial charge in [0, 0.05) is 6.54 Å². The number of rotatable bonds is 6. The number of halogens is 1. The molecule has 0 amide bonds. The molecule has 0 unspecified atom stereocenters. The Labute approximate surface area is 80.8 Å². The molecule has 0 rings (SSSR count). The first-order chi connectivity index (χ1) is 5.77. The fourth-order valence-corrected chi connectivity index (χ4v) is 1.74. The number of hydrogen-bond acceptors (Lipinski definition) is 6. The van der Waals surface area contributed by atoms with Crippen molar-refractivity contribution < 1.29 is 21.1 Å². The standard InChI is InChI=1S/C2H8ClN3O5S2/c3-5-1-2-12(7,8)11-6-13(4,9)10/h5-6H,1-2H2,(H2,4,9,10). The van der Waals surface area contributed by atoms with Gasteiger partial charge in [-0.15, -0.1) is 0 Å². The lowest BCUT2D eigenvalue weighted by atomic mass is 10.8. The van der Waals surface area contributed by atoms with Crippen LogP contribution in [0.1, 0.15) is 0 Å². The van der Waals surface area contributed by atoms with Gasteiger partial charge in [-0.1, -0.05) is 4.89 Å². The van der Waals surface area contributed by atoms with Crippen molar-refractivity contribution in [1.82, 2.24) is 9.72 Å². The molecule has 80 valence electrons. The maximum Gasteiger partial charge on any atom is 0.297 e. The lowest BCUT2D eigenvalue weighted by Crippen LogP contribution is -2.34. The molecule has 0 saturated carbocycles. The Morgan fingerprint density at radius 2 is 1.85 bits per heavy atom. The summed E-state index contributed by atoms with van der Waals surface area (Å²) in [6.07, 6.45) is 0. The van der Waals surface area contributed by atoms with E-state index < -0.39 is 26.1 Å². The third kappa shape index (κ3) is 8.36. The molecule has 11 heteroatoms. The van der Waals surface area contributed by atoms with Crippen LogP contribution in [0.4, 0.5) is 0 Å². The molecule has 0 spiro atoms. The van der Waals surface area contributed by atoms with Crippen molar-refractivity contribution in [3.8, 4) is 0 Å². The molecule has 0 bridgehead atoms. The Bertz CT molecular complexity index is 335. The molecule has 0 aromatic carbocycles. The van der Waals surface area contributed by atoms with Gasteiger partial charge in [-0.05, 0) is 11.8 Å². The van der Waals surface area contributed by atoms with Crippen molar-refractivity contribution in [1.29, 1.82) is 0 Å². The van der Waals surface area contributed by atoms with Crippen molar-refractivity contribution in [3.05, 3.63) is 0 Å². The van der Waals surface area contributed by atoms with Crippen molar-refractivity contribution in [3.63, 3.8) is 0 Å². The molecule has 0 heterocycles. The van der Waals surface area contributed by atoms with E-state index >= 15 is 0 Å². The van der Waals surface area contributed by atoms with E-state index in [1.165, 1.54) is 0 Å². The summed E-state index contributed by atoms with van der Waals surface area (Å²) in [6, 6.07) is 0.